The second-order valence-corrected chi connectivity index (χ2v) is 3.64. The number of benzene rings is 1. The van der Waals surface area contributed by atoms with E-state index in [4.69, 9.17) is 10.00 Å². The average Bonchev–Trinajstić information content (AvgIpc) is 2.35. The van der Waals surface area contributed by atoms with Crippen LogP contribution in [0.1, 0.15) is 5.56 Å². The molecule has 16 heavy (non-hydrogen) atoms. The van der Waals surface area contributed by atoms with Crippen molar-refractivity contribution in [1.29, 1.82) is 5.26 Å². The van der Waals surface area contributed by atoms with Crippen molar-refractivity contribution in [3.05, 3.63) is 47.1 Å². The highest BCUT2D eigenvalue weighted by molar-refractivity contribution is 6.05. The Morgan fingerprint density at radius 3 is 3.00 bits per heavy atom. The third-order valence-corrected chi connectivity index (χ3v) is 2.55. The first-order valence-corrected chi connectivity index (χ1v) is 5.01. The highest BCUT2D eigenvalue weighted by atomic mass is 16.5. The molecule has 0 N–H and O–H groups in total. The lowest BCUT2D eigenvalue weighted by Crippen LogP contribution is -2.19. The molecule has 0 aliphatic carbocycles. The zero-order valence-electron chi connectivity index (χ0n) is 8.47. The van der Waals surface area contributed by atoms with Gasteiger partial charge < -0.3 is 4.74 Å². The molecule has 2 aliphatic heterocycles. The second kappa shape index (κ2) is 3.35. The van der Waals surface area contributed by atoms with Gasteiger partial charge in [0, 0.05) is 11.1 Å². The first-order chi connectivity index (χ1) is 7.86. The number of nitrogens with zero attached hydrogens (tertiary/aromatic N) is 2. The van der Waals surface area contributed by atoms with Crippen LogP contribution in [0.2, 0.25) is 0 Å². The molecule has 3 heteroatoms. The Morgan fingerprint density at radius 2 is 2.12 bits per heavy atom. The summed E-state index contributed by atoms with van der Waals surface area (Å²) in [5.74, 6) is 1.43. The highest BCUT2D eigenvalue weighted by Gasteiger charge is 2.19. The van der Waals surface area contributed by atoms with Gasteiger partial charge in [0.2, 0.25) is 5.90 Å². The third kappa shape index (κ3) is 1.32. The molecule has 1 aromatic carbocycles. The summed E-state index contributed by atoms with van der Waals surface area (Å²) in [7, 11) is 0. The largest absolute Gasteiger partial charge is 0.438 e. The Morgan fingerprint density at radius 1 is 1.25 bits per heavy atom. The van der Waals surface area contributed by atoms with E-state index in [1.54, 1.807) is 0 Å². The number of hydrogen-bond acceptors (Lipinski definition) is 3. The minimum atomic E-state index is 0.408. The monoisotopic (exact) mass is 208 g/mol. The van der Waals surface area contributed by atoms with Crippen molar-refractivity contribution in [3.63, 3.8) is 0 Å². The van der Waals surface area contributed by atoms with E-state index in [1.165, 1.54) is 0 Å². The highest BCUT2D eigenvalue weighted by Crippen LogP contribution is 2.29. The Labute approximate surface area is 93.0 Å². The summed E-state index contributed by atoms with van der Waals surface area (Å²) in [6, 6.07) is 9.90. The molecule has 2 heterocycles. The fourth-order valence-corrected chi connectivity index (χ4v) is 1.77. The van der Waals surface area contributed by atoms with Crippen LogP contribution in [0.5, 0.6) is 5.75 Å². The number of dihydropyridines is 1. The van der Waals surface area contributed by atoms with Gasteiger partial charge in [0.25, 0.3) is 0 Å². The van der Waals surface area contributed by atoms with Gasteiger partial charge >= 0.3 is 0 Å². The van der Waals surface area contributed by atoms with Crippen LogP contribution in [0.4, 0.5) is 0 Å². The Bertz CT molecular complexity index is 588. The molecule has 3 rings (SSSR count). The Hall–Kier alpha value is -2.34. The lowest BCUT2D eigenvalue weighted by molar-refractivity contribution is 0.543. The molecule has 0 saturated carbocycles. The van der Waals surface area contributed by atoms with Gasteiger partial charge in [-0.3, -0.25) is 0 Å². The van der Waals surface area contributed by atoms with E-state index in [-0.39, 0.29) is 0 Å². The van der Waals surface area contributed by atoms with E-state index in [0.717, 1.165) is 16.9 Å². The lowest BCUT2D eigenvalue weighted by atomic mass is 10.0. The minimum absolute atomic E-state index is 0.408. The molecule has 0 amide bonds. The summed E-state index contributed by atoms with van der Waals surface area (Å²) in [5, 5.41) is 8.82. The topological polar surface area (TPSA) is 45.4 Å². The number of aliphatic imine (C=N–C) groups is 1. The van der Waals surface area contributed by atoms with E-state index in [9.17, 15) is 0 Å². The summed E-state index contributed by atoms with van der Waals surface area (Å²) < 4.78 is 5.66. The molecule has 0 saturated heterocycles. The molecular weight excluding hydrogens is 200 g/mol. The van der Waals surface area contributed by atoms with Gasteiger partial charge in [-0.25, -0.2) is 4.99 Å². The Kier molecular flexibility index (Phi) is 1.87. The maximum absolute atomic E-state index is 8.82. The molecule has 0 spiro atoms. The summed E-state index contributed by atoms with van der Waals surface area (Å²) in [5.41, 5.74) is 2.56. The van der Waals surface area contributed by atoms with Crippen molar-refractivity contribution in [2.75, 3.05) is 6.54 Å². The van der Waals surface area contributed by atoms with Crippen LogP contribution < -0.4 is 4.74 Å². The average molecular weight is 208 g/mol. The van der Waals surface area contributed by atoms with Crippen molar-refractivity contribution in [3.8, 4) is 11.8 Å². The summed E-state index contributed by atoms with van der Waals surface area (Å²) >= 11 is 0. The van der Waals surface area contributed by atoms with E-state index >= 15 is 0 Å². The van der Waals surface area contributed by atoms with Crippen LogP contribution in [0, 0.1) is 11.3 Å². The van der Waals surface area contributed by atoms with Crippen LogP contribution >= 0.6 is 0 Å². The van der Waals surface area contributed by atoms with Gasteiger partial charge in [-0.15, -0.1) is 0 Å². The molecule has 0 bridgehead atoms. The SMILES string of the molecule is N#CC1=CC2=Cc3ccccc3OC2=NC1. The van der Waals surface area contributed by atoms with Gasteiger partial charge in [0.05, 0.1) is 18.2 Å². The lowest BCUT2D eigenvalue weighted by Gasteiger charge is -2.19. The smallest absolute Gasteiger partial charge is 0.222 e. The van der Waals surface area contributed by atoms with Crippen LogP contribution in [-0.4, -0.2) is 12.4 Å². The number of nitriles is 1. The maximum Gasteiger partial charge on any atom is 0.222 e. The van der Waals surface area contributed by atoms with Crippen LogP contribution in [0.3, 0.4) is 0 Å². The maximum atomic E-state index is 8.82. The zero-order valence-corrected chi connectivity index (χ0v) is 8.47. The van der Waals surface area contributed by atoms with Gasteiger partial charge in [-0.1, -0.05) is 18.2 Å². The molecule has 0 atom stereocenters. The van der Waals surface area contributed by atoms with Crippen molar-refractivity contribution < 1.29 is 4.74 Å². The molecule has 2 aliphatic rings. The van der Waals surface area contributed by atoms with E-state index in [1.807, 2.05) is 36.4 Å². The zero-order chi connectivity index (χ0) is 11.0. The summed E-state index contributed by atoms with van der Waals surface area (Å²) in [6.45, 7) is 0.408. The molecule has 0 aromatic heterocycles. The predicted octanol–water partition coefficient (Wildman–Crippen LogP) is 2.32. The number of rotatable bonds is 0. The fraction of sp³-hybridized carbons (Fsp3) is 0.0769. The van der Waals surface area contributed by atoms with E-state index in [0.29, 0.717) is 18.0 Å². The molecule has 0 unspecified atom stereocenters. The number of fused-ring (bicyclic) bond motifs is 2. The van der Waals surface area contributed by atoms with E-state index < -0.39 is 0 Å². The quantitative estimate of drug-likeness (QED) is 0.656. The van der Waals surface area contributed by atoms with Gasteiger partial charge in [-0.2, -0.15) is 5.26 Å². The molecule has 3 nitrogen and oxygen atoms in total. The number of ether oxygens (including phenoxy) is 1. The van der Waals surface area contributed by atoms with Crippen LogP contribution in [0.15, 0.2) is 46.5 Å². The molecule has 0 fully saturated rings. The molecular formula is C13H8N2O. The molecule has 76 valence electrons. The first-order valence-electron chi connectivity index (χ1n) is 5.01. The van der Waals surface area contributed by atoms with Gasteiger partial charge in [0.15, 0.2) is 0 Å². The minimum Gasteiger partial charge on any atom is -0.438 e. The third-order valence-electron chi connectivity index (χ3n) is 2.55. The summed E-state index contributed by atoms with van der Waals surface area (Å²) in [6.07, 6.45) is 3.83. The fourth-order valence-electron chi connectivity index (χ4n) is 1.77. The normalized spacial score (nSPS) is 16.8. The van der Waals surface area contributed by atoms with Crippen molar-refractivity contribution >= 4 is 12.0 Å². The van der Waals surface area contributed by atoms with Crippen molar-refractivity contribution in [2.45, 2.75) is 0 Å². The van der Waals surface area contributed by atoms with Crippen molar-refractivity contribution in [2.24, 2.45) is 4.99 Å². The van der Waals surface area contributed by atoms with Crippen LogP contribution in [-0.2, 0) is 0 Å². The summed E-state index contributed by atoms with van der Waals surface area (Å²) in [4.78, 5) is 4.24. The Balaban J connectivity index is 2.12. The molecule has 0 radical (unpaired) electrons. The number of para-hydroxylation sites is 1. The second-order valence-electron chi connectivity index (χ2n) is 3.64. The van der Waals surface area contributed by atoms with Gasteiger partial charge in [-0.05, 0) is 18.2 Å². The van der Waals surface area contributed by atoms with Crippen molar-refractivity contribution in [1.82, 2.24) is 0 Å². The molecule has 1 aromatic rings. The van der Waals surface area contributed by atoms with Crippen LogP contribution in [0.25, 0.3) is 6.08 Å². The predicted molar refractivity (Wildman–Crippen MR) is 61.0 cm³/mol. The first kappa shape index (κ1) is 8.93. The van der Waals surface area contributed by atoms with Gasteiger partial charge in [0.1, 0.15) is 5.75 Å². The standard InChI is InChI=1S/C13H8N2O/c14-7-9-5-11-6-10-3-1-2-4-12(10)16-13(11)15-8-9/h1-6H,8H2. The van der Waals surface area contributed by atoms with E-state index in [2.05, 4.69) is 11.1 Å². The number of hydrogen-bond donors (Lipinski definition) is 0.